The van der Waals surface area contributed by atoms with Gasteiger partial charge in [0.15, 0.2) is 0 Å². The Morgan fingerprint density at radius 1 is 1.17 bits per heavy atom. The summed E-state index contributed by atoms with van der Waals surface area (Å²) in [6.07, 6.45) is -0.376. The highest BCUT2D eigenvalue weighted by atomic mass is 32.2. The monoisotopic (exact) mass is 439 g/mol. The van der Waals surface area contributed by atoms with E-state index in [1.54, 1.807) is 13.8 Å². The highest BCUT2D eigenvalue weighted by molar-refractivity contribution is 8.00. The number of esters is 3. The molecule has 2 rings (SSSR count). The van der Waals surface area contributed by atoms with Crippen molar-refractivity contribution in [3.05, 3.63) is 28.8 Å². The second-order valence-corrected chi connectivity index (χ2v) is 7.99. The van der Waals surface area contributed by atoms with Crippen LogP contribution in [-0.2, 0) is 28.7 Å². The maximum atomic E-state index is 12.5. The molecule has 1 aliphatic rings. The van der Waals surface area contributed by atoms with Gasteiger partial charge in [-0.2, -0.15) is 0 Å². The summed E-state index contributed by atoms with van der Waals surface area (Å²) >= 11 is 1.38. The minimum atomic E-state index is -2.51. The first kappa shape index (κ1) is 23.7. The number of benzene rings is 1. The Balaban J connectivity index is 2.29. The molecule has 164 valence electrons. The van der Waals surface area contributed by atoms with Gasteiger partial charge in [-0.25, -0.2) is 9.59 Å². The topological polar surface area (TPSA) is 119 Å². The number of rotatable bonds is 7. The molecule has 0 spiro atoms. The van der Waals surface area contributed by atoms with Crippen molar-refractivity contribution in [2.75, 3.05) is 26.5 Å². The van der Waals surface area contributed by atoms with Crippen molar-refractivity contribution in [3.8, 4) is 5.75 Å². The summed E-state index contributed by atoms with van der Waals surface area (Å²) in [6, 6.07) is 3.64. The van der Waals surface area contributed by atoms with Gasteiger partial charge in [0.2, 0.25) is 5.91 Å². The molecule has 1 heterocycles. The van der Waals surface area contributed by atoms with Crippen LogP contribution in [0.25, 0.3) is 0 Å². The van der Waals surface area contributed by atoms with E-state index in [1.807, 2.05) is 12.1 Å². The fourth-order valence-corrected chi connectivity index (χ4v) is 4.51. The minimum absolute atomic E-state index is 0.0685. The van der Waals surface area contributed by atoms with Gasteiger partial charge in [0.1, 0.15) is 11.1 Å². The zero-order valence-electron chi connectivity index (χ0n) is 17.5. The predicted octanol–water partition coefficient (Wildman–Crippen LogP) is 1.27. The van der Waals surface area contributed by atoms with Crippen LogP contribution in [0.3, 0.4) is 0 Å². The molecule has 0 saturated carbocycles. The van der Waals surface area contributed by atoms with Crippen LogP contribution >= 0.6 is 11.8 Å². The molecule has 9 nitrogen and oxygen atoms in total. The molecule has 10 heteroatoms. The largest absolute Gasteiger partial charge is 0.466 e. The molecule has 1 amide bonds. The summed E-state index contributed by atoms with van der Waals surface area (Å²) in [6.45, 7) is 4.85. The Kier molecular flexibility index (Phi) is 7.49. The number of aliphatic hydroxyl groups is 1. The molecule has 1 atom stereocenters. The van der Waals surface area contributed by atoms with Crippen LogP contribution in [0.1, 0.15) is 35.4 Å². The Morgan fingerprint density at radius 2 is 1.70 bits per heavy atom. The van der Waals surface area contributed by atoms with Crippen LogP contribution in [0, 0.1) is 13.8 Å². The first-order valence-corrected chi connectivity index (χ1v) is 10.2. The fourth-order valence-electron chi connectivity index (χ4n) is 3.31. The number of ether oxygens (including phenoxy) is 3. The van der Waals surface area contributed by atoms with E-state index in [-0.39, 0.29) is 30.0 Å². The lowest BCUT2D eigenvalue weighted by molar-refractivity contribution is -0.181. The van der Waals surface area contributed by atoms with Crippen LogP contribution < -0.4 is 4.74 Å². The van der Waals surface area contributed by atoms with Gasteiger partial charge in [-0.1, -0.05) is 0 Å². The van der Waals surface area contributed by atoms with Gasteiger partial charge >= 0.3 is 17.9 Å². The zero-order chi connectivity index (χ0) is 22.6. The summed E-state index contributed by atoms with van der Waals surface area (Å²) in [5.41, 5.74) is -0.232. The molecular weight excluding hydrogens is 414 g/mol. The van der Waals surface area contributed by atoms with Gasteiger partial charge in [0, 0.05) is 19.9 Å². The first-order valence-electron chi connectivity index (χ1n) is 9.15. The van der Waals surface area contributed by atoms with Crippen molar-refractivity contribution in [1.82, 2.24) is 4.90 Å². The van der Waals surface area contributed by atoms with Crippen molar-refractivity contribution in [2.24, 2.45) is 0 Å². The molecule has 30 heavy (non-hydrogen) atoms. The number of methoxy groups -OCH3 is 2. The average molecular weight is 439 g/mol. The van der Waals surface area contributed by atoms with E-state index in [1.165, 1.54) is 23.6 Å². The summed E-state index contributed by atoms with van der Waals surface area (Å²) in [7, 11) is 2.10. The number of amides is 1. The molecule has 0 radical (unpaired) electrons. The van der Waals surface area contributed by atoms with E-state index in [4.69, 9.17) is 4.74 Å². The third kappa shape index (κ3) is 4.76. The van der Waals surface area contributed by atoms with E-state index >= 15 is 0 Å². The Labute approximate surface area is 178 Å². The molecule has 0 aromatic heterocycles. The molecule has 1 aromatic carbocycles. The molecule has 1 saturated heterocycles. The zero-order valence-corrected chi connectivity index (χ0v) is 18.3. The van der Waals surface area contributed by atoms with E-state index in [2.05, 4.69) is 9.47 Å². The van der Waals surface area contributed by atoms with E-state index in [0.717, 1.165) is 30.9 Å². The predicted molar refractivity (Wildman–Crippen MR) is 108 cm³/mol. The van der Waals surface area contributed by atoms with Crippen LogP contribution in [0.15, 0.2) is 12.1 Å². The first-order chi connectivity index (χ1) is 14.0. The summed E-state index contributed by atoms with van der Waals surface area (Å²) in [5.74, 6) is -2.24. The number of thioether (sulfide) groups is 1. The second-order valence-electron chi connectivity index (χ2n) is 6.92. The molecule has 1 aromatic rings. The normalized spacial score (nSPS) is 16.4. The number of nitrogens with zero attached hydrogens (tertiary/aromatic N) is 1. The third-order valence-electron chi connectivity index (χ3n) is 4.74. The minimum Gasteiger partial charge on any atom is -0.466 e. The van der Waals surface area contributed by atoms with Crippen molar-refractivity contribution in [1.29, 1.82) is 0 Å². The number of carbonyl (C=O) groups excluding carboxylic acids is 4. The van der Waals surface area contributed by atoms with Crippen LogP contribution in [-0.4, -0.2) is 65.9 Å². The maximum Gasteiger partial charge on any atom is 0.349 e. The quantitative estimate of drug-likeness (QED) is 0.380. The Hall–Kier alpha value is -2.59. The summed E-state index contributed by atoms with van der Waals surface area (Å²) in [5, 5.41) is 10.1. The van der Waals surface area contributed by atoms with Crippen molar-refractivity contribution in [3.63, 3.8) is 0 Å². The average Bonchev–Trinajstić information content (AvgIpc) is 3.07. The lowest BCUT2D eigenvalue weighted by Gasteiger charge is -2.29. The fraction of sp³-hybridized carbons (Fsp3) is 0.500. The van der Waals surface area contributed by atoms with E-state index < -0.39 is 23.5 Å². The molecule has 1 aliphatic heterocycles. The van der Waals surface area contributed by atoms with Crippen LogP contribution in [0.4, 0.5) is 0 Å². The van der Waals surface area contributed by atoms with E-state index in [9.17, 15) is 24.3 Å². The molecule has 0 bridgehead atoms. The summed E-state index contributed by atoms with van der Waals surface area (Å²) in [4.78, 5) is 49.2. The number of carbonyl (C=O) groups is 4. The van der Waals surface area contributed by atoms with Crippen LogP contribution in [0.5, 0.6) is 5.75 Å². The van der Waals surface area contributed by atoms with Gasteiger partial charge in [-0.05, 0) is 42.7 Å². The number of hydrogen-bond donors (Lipinski definition) is 1. The second kappa shape index (κ2) is 9.48. The van der Waals surface area contributed by atoms with Gasteiger partial charge in [-0.3, -0.25) is 9.59 Å². The van der Waals surface area contributed by atoms with E-state index in [0.29, 0.717) is 5.75 Å². The SMILES string of the molecule is COC(=O)C(O)(CCN1C(=O)CSC1c1cc(C)c(OC(C)=O)c(C)c1)C(=O)OC. The van der Waals surface area contributed by atoms with Crippen molar-refractivity contribution in [2.45, 2.75) is 38.2 Å². The van der Waals surface area contributed by atoms with Gasteiger partial charge in [-0.15, -0.1) is 11.8 Å². The highest BCUT2D eigenvalue weighted by Gasteiger charge is 2.48. The molecule has 0 aliphatic carbocycles. The Morgan fingerprint density at radius 3 is 2.17 bits per heavy atom. The van der Waals surface area contributed by atoms with Crippen molar-refractivity contribution >= 4 is 35.6 Å². The van der Waals surface area contributed by atoms with Gasteiger partial charge in [0.25, 0.3) is 5.60 Å². The molecule has 1 N–H and O–H groups in total. The number of aryl methyl sites for hydroxylation is 2. The van der Waals surface area contributed by atoms with Crippen LogP contribution in [0.2, 0.25) is 0 Å². The molecule has 1 fully saturated rings. The standard InChI is InChI=1S/C20H25NO8S/c1-11-8-14(9-12(2)16(11)29-13(3)22)17-21(15(23)10-30-17)7-6-20(26,18(24)27-4)19(25)28-5/h8-9,17,26H,6-7,10H2,1-5H3. The van der Waals surface area contributed by atoms with Gasteiger partial charge in [0.05, 0.1) is 20.0 Å². The smallest absolute Gasteiger partial charge is 0.349 e. The van der Waals surface area contributed by atoms with Crippen molar-refractivity contribution < 1.29 is 38.5 Å². The maximum absolute atomic E-state index is 12.5. The van der Waals surface area contributed by atoms with Gasteiger partial charge < -0.3 is 24.2 Å². The summed E-state index contributed by atoms with van der Waals surface area (Å²) < 4.78 is 14.3. The molecule has 1 unspecified atom stereocenters. The Bertz CT molecular complexity index is 829. The lowest BCUT2D eigenvalue weighted by Crippen LogP contribution is -2.50. The highest BCUT2D eigenvalue weighted by Crippen LogP contribution is 2.41. The third-order valence-corrected chi connectivity index (χ3v) is 6.00. The molecular formula is C20H25NO8S. The number of hydrogen-bond acceptors (Lipinski definition) is 9. The lowest BCUT2D eigenvalue weighted by atomic mass is 9.99.